The predicted molar refractivity (Wildman–Crippen MR) is 73.3 cm³/mol. The molecule has 0 spiro atoms. The fourth-order valence-electron chi connectivity index (χ4n) is 2.68. The molecule has 2 N–H and O–H groups in total. The number of piperidine rings is 1. The van der Waals surface area contributed by atoms with Gasteiger partial charge in [-0.2, -0.15) is 0 Å². The van der Waals surface area contributed by atoms with Gasteiger partial charge in [-0.15, -0.1) is 0 Å². The van der Waals surface area contributed by atoms with Gasteiger partial charge >= 0.3 is 6.09 Å². The van der Waals surface area contributed by atoms with Gasteiger partial charge in [-0.25, -0.2) is 4.79 Å². The van der Waals surface area contributed by atoms with Crippen molar-refractivity contribution in [3.8, 4) is 0 Å². The van der Waals surface area contributed by atoms with Crippen LogP contribution in [0.3, 0.4) is 0 Å². The molecule has 3 atom stereocenters. The highest BCUT2D eigenvalue weighted by Gasteiger charge is 2.33. The van der Waals surface area contributed by atoms with Crippen molar-refractivity contribution >= 4 is 6.09 Å². The summed E-state index contributed by atoms with van der Waals surface area (Å²) < 4.78 is 5.41. The van der Waals surface area contributed by atoms with Crippen molar-refractivity contribution in [1.82, 2.24) is 4.90 Å². The molecule has 0 aliphatic carbocycles. The molecule has 4 heteroatoms. The van der Waals surface area contributed by atoms with Gasteiger partial charge in [-0.3, -0.25) is 0 Å². The summed E-state index contributed by atoms with van der Waals surface area (Å²) in [6.07, 6.45) is 0.840. The van der Waals surface area contributed by atoms with Crippen LogP contribution >= 0.6 is 0 Å². The molecule has 0 aromatic carbocycles. The topological polar surface area (TPSA) is 55.6 Å². The molecule has 0 radical (unpaired) electrons. The molecule has 1 rings (SSSR count). The molecule has 0 aromatic heterocycles. The molecule has 0 bridgehead atoms. The summed E-state index contributed by atoms with van der Waals surface area (Å²) in [5.41, 5.74) is 5.32. The second-order valence-corrected chi connectivity index (χ2v) is 6.57. The van der Waals surface area contributed by atoms with E-state index in [1.54, 1.807) is 0 Å². The van der Waals surface area contributed by atoms with Crippen LogP contribution in [0.4, 0.5) is 4.79 Å². The molecule has 3 unspecified atom stereocenters. The molecule has 1 aliphatic heterocycles. The number of hydrogen-bond donors (Lipinski definition) is 1. The van der Waals surface area contributed by atoms with E-state index in [9.17, 15) is 4.79 Å². The SMILES string of the molecule is CC(CN)C1CCN(C(=O)OC(C)(C)C)CC1C. The Morgan fingerprint density at radius 1 is 1.50 bits per heavy atom. The lowest BCUT2D eigenvalue weighted by Gasteiger charge is -2.39. The second-order valence-electron chi connectivity index (χ2n) is 6.57. The van der Waals surface area contributed by atoms with Crippen LogP contribution in [-0.2, 0) is 4.74 Å². The quantitative estimate of drug-likeness (QED) is 0.825. The Balaban J connectivity index is 2.53. The summed E-state index contributed by atoms with van der Waals surface area (Å²) in [5, 5.41) is 0. The third-order valence-electron chi connectivity index (χ3n) is 3.73. The van der Waals surface area contributed by atoms with Crippen LogP contribution in [0.15, 0.2) is 0 Å². The number of hydrogen-bond acceptors (Lipinski definition) is 3. The molecular weight excluding hydrogens is 228 g/mol. The minimum Gasteiger partial charge on any atom is -0.444 e. The normalized spacial score (nSPS) is 26.9. The molecule has 1 amide bonds. The van der Waals surface area contributed by atoms with Crippen molar-refractivity contribution in [2.75, 3.05) is 19.6 Å². The fourth-order valence-corrected chi connectivity index (χ4v) is 2.68. The molecule has 0 saturated carbocycles. The van der Waals surface area contributed by atoms with Crippen molar-refractivity contribution in [2.45, 2.75) is 46.6 Å². The number of amides is 1. The third kappa shape index (κ3) is 4.16. The zero-order valence-electron chi connectivity index (χ0n) is 12.4. The van der Waals surface area contributed by atoms with Gasteiger partial charge in [-0.1, -0.05) is 13.8 Å². The van der Waals surface area contributed by atoms with Crippen molar-refractivity contribution in [3.63, 3.8) is 0 Å². The van der Waals surface area contributed by atoms with E-state index in [4.69, 9.17) is 10.5 Å². The molecule has 1 aliphatic rings. The lowest BCUT2D eigenvalue weighted by Crippen LogP contribution is -2.47. The number of carbonyl (C=O) groups is 1. The van der Waals surface area contributed by atoms with Crippen LogP contribution in [0.5, 0.6) is 0 Å². The van der Waals surface area contributed by atoms with Crippen molar-refractivity contribution in [2.24, 2.45) is 23.5 Å². The number of rotatable bonds is 2. The number of likely N-dealkylation sites (tertiary alicyclic amines) is 1. The molecule has 1 heterocycles. The van der Waals surface area contributed by atoms with Gasteiger partial charge in [0.05, 0.1) is 0 Å². The molecular formula is C14H28N2O2. The summed E-state index contributed by atoms with van der Waals surface area (Å²) >= 11 is 0. The number of carbonyl (C=O) groups excluding carboxylic acids is 1. The van der Waals surface area contributed by atoms with Crippen LogP contribution in [-0.4, -0.2) is 36.2 Å². The standard InChI is InChI=1S/C14H28N2O2/c1-10(8-15)12-6-7-16(9-11(12)2)13(17)18-14(3,4)5/h10-12H,6-9,15H2,1-5H3. The first kappa shape index (κ1) is 15.3. The number of nitrogens with zero attached hydrogens (tertiary/aromatic N) is 1. The Labute approximate surface area is 111 Å². The molecule has 0 aromatic rings. The Morgan fingerprint density at radius 3 is 2.56 bits per heavy atom. The van der Waals surface area contributed by atoms with Crippen LogP contribution in [0, 0.1) is 17.8 Å². The van der Waals surface area contributed by atoms with E-state index < -0.39 is 5.60 Å². The smallest absolute Gasteiger partial charge is 0.410 e. The zero-order valence-corrected chi connectivity index (χ0v) is 12.4. The zero-order chi connectivity index (χ0) is 13.9. The molecule has 4 nitrogen and oxygen atoms in total. The van der Waals surface area contributed by atoms with Crippen LogP contribution < -0.4 is 5.73 Å². The highest BCUT2D eigenvalue weighted by molar-refractivity contribution is 5.68. The van der Waals surface area contributed by atoms with E-state index in [-0.39, 0.29) is 6.09 Å². The van der Waals surface area contributed by atoms with E-state index in [1.165, 1.54) is 0 Å². The minimum absolute atomic E-state index is 0.187. The maximum atomic E-state index is 12.0. The maximum Gasteiger partial charge on any atom is 0.410 e. The van der Waals surface area contributed by atoms with Gasteiger partial charge in [-0.05, 0) is 51.5 Å². The Kier molecular flexibility index (Phi) is 5.02. The van der Waals surface area contributed by atoms with Gasteiger partial charge in [0, 0.05) is 13.1 Å². The minimum atomic E-state index is -0.415. The Morgan fingerprint density at radius 2 is 2.11 bits per heavy atom. The van der Waals surface area contributed by atoms with Crippen molar-refractivity contribution < 1.29 is 9.53 Å². The number of ether oxygens (including phenoxy) is 1. The largest absolute Gasteiger partial charge is 0.444 e. The summed E-state index contributed by atoms with van der Waals surface area (Å²) in [7, 11) is 0. The van der Waals surface area contributed by atoms with Crippen LogP contribution in [0.2, 0.25) is 0 Å². The average molecular weight is 256 g/mol. The molecule has 1 saturated heterocycles. The second kappa shape index (κ2) is 5.91. The molecule has 106 valence electrons. The highest BCUT2D eigenvalue weighted by Crippen LogP contribution is 2.30. The van der Waals surface area contributed by atoms with Gasteiger partial charge in [0.15, 0.2) is 0 Å². The lowest BCUT2D eigenvalue weighted by molar-refractivity contribution is 0.00790. The highest BCUT2D eigenvalue weighted by atomic mass is 16.6. The Bertz CT molecular complexity index is 286. The van der Waals surface area contributed by atoms with Gasteiger partial charge in [0.25, 0.3) is 0 Å². The van der Waals surface area contributed by atoms with Gasteiger partial charge in [0.1, 0.15) is 5.60 Å². The summed E-state index contributed by atoms with van der Waals surface area (Å²) in [6.45, 7) is 12.4. The van der Waals surface area contributed by atoms with E-state index in [1.807, 2.05) is 25.7 Å². The van der Waals surface area contributed by atoms with Crippen molar-refractivity contribution in [3.05, 3.63) is 0 Å². The van der Waals surface area contributed by atoms with Crippen LogP contribution in [0.25, 0.3) is 0 Å². The van der Waals surface area contributed by atoms with E-state index in [2.05, 4.69) is 13.8 Å². The van der Waals surface area contributed by atoms with Gasteiger partial charge in [0.2, 0.25) is 0 Å². The monoisotopic (exact) mass is 256 g/mol. The summed E-state index contributed by atoms with van der Waals surface area (Å²) in [5.74, 6) is 1.64. The van der Waals surface area contributed by atoms with Crippen LogP contribution in [0.1, 0.15) is 41.0 Å². The molecule has 18 heavy (non-hydrogen) atoms. The first-order valence-electron chi connectivity index (χ1n) is 6.92. The average Bonchev–Trinajstić information content (AvgIpc) is 2.25. The van der Waals surface area contributed by atoms with Gasteiger partial charge < -0.3 is 15.4 Å². The first-order chi connectivity index (χ1) is 8.24. The van der Waals surface area contributed by atoms with E-state index >= 15 is 0 Å². The lowest BCUT2D eigenvalue weighted by atomic mass is 9.78. The van der Waals surface area contributed by atoms with Crippen molar-refractivity contribution in [1.29, 1.82) is 0 Å². The fraction of sp³-hybridized carbons (Fsp3) is 0.929. The van der Waals surface area contributed by atoms with E-state index in [0.717, 1.165) is 26.1 Å². The Hall–Kier alpha value is -0.770. The first-order valence-corrected chi connectivity index (χ1v) is 6.92. The van der Waals surface area contributed by atoms with E-state index in [0.29, 0.717) is 17.8 Å². The summed E-state index contributed by atoms with van der Waals surface area (Å²) in [4.78, 5) is 13.8. The molecule has 1 fully saturated rings. The predicted octanol–water partition coefficient (Wildman–Crippen LogP) is 2.47. The third-order valence-corrected chi connectivity index (χ3v) is 3.73. The summed E-state index contributed by atoms with van der Waals surface area (Å²) in [6, 6.07) is 0. The number of nitrogens with two attached hydrogens (primary N) is 1. The maximum absolute atomic E-state index is 12.0.